The Morgan fingerprint density at radius 3 is 2.54 bits per heavy atom. The lowest BCUT2D eigenvalue weighted by atomic mass is 10.1. The molecule has 0 bridgehead atoms. The highest BCUT2D eigenvalue weighted by Crippen LogP contribution is 2.26. The molecule has 2 aromatic carbocycles. The minimum Gasteiger partial charge on any atom is -0.464 e. The number of fused-ring (bicyclic) bond motifs is 1. The van der Waals surface area contributed by atoms with Crippen LogP contribution in [-0.4, -0.2) is 23.1 Å². The zero-order chi connectivity index (χ0) is 20.3. The van der Waals surface area contributed by atoms with Crippen LogP contribution in [0.4, 0.5) is 0 Å². The van der Waals surface area contributed by atoms with Crippen LogP contribution in [0.3, 0.4) is 0 Å². The fraction of sp³-hybridized carbons (Fsp3) is 0.286. The second-order valence-electron chi connectivity index (χ2n) is 6.33. The molecule has 0 N–H and O–H groups in total. The number of hydrogen-bond acceptors (Lipinski definition) is 4. The van der Waals surface area contributed by atoms with Gasteiger partial charge in [0, 0.05) is 10.6 Å². The van der Waals surface area contributed by atoms with Crippen molar-refractivity contribution in [1.82, 2.24) is 4.57 Å². The Hall–Kier alpha value is -2.44. The number of hydrogen-bond donors (Lipinski definition) is 0. The predicted molar refractivity (Wildman–Crippen MR) is 112 cm³/mol. The quantitative estimate of drug-likeness (QED) is 0.554. The average Bonchev–Trinajstić information content (AvgIpc) is 3.00. The fourth-order valence-electron chi connectivity index (χ4n) is 2.94. The molecule has 1 amide bonds. The summed E-state index contributed by atoms with van der Waals surface area (Å²) in [6.07, 6.45) is 0.513. The van der Waals surface area contributed by atoms with Crippen molar-refractivity contribution in [2.45, 2.75) is 33.2 Å². The molecular weight excluding hydrogens is 396 g/mol. The maximum atomic E-state index is 12.7. The molecule has 1 heterocycles. The van der Waals surface area contributed by atoms with Crippen LogP contribution in [0.25, 0.3) is 10.2 Å². The SMILES string of the molecule is CCOC(=O)C(CC)n1c(=NC(=O)c2ccc(C)cc2)sc2cc(Cl)ccc21. The van der Waals surface area contributed by atoms with Gasteiger partial charge in [0.05, 0.1) is 16.8 Å². The number of aryl methyl sites for hydroxylation is 1. The zero-order valence-corrected chi connectivity index (χ0v) is 17.5. The van der Waals surface area contributed by atoms with E-state index in [-0.39, 0.29) is 11.9 Å². The molecule has 0 aliphatic heterocycles. The Bertz CT molecular complexity index is 1080. The second kappa shape index (κ2) is 8.71. The molecule has 0 fully saturated rings. The fourth-order valence-corrected chi connectivity index (χ4v) is 4.28. The first kappa shape index (κ1) is 20.3. The summed E-state index contributed by atoms with van der Waals surface area (Å²) < 4.78 is 7.87. The van der Waals surface area contributed by atoms with Crippen molar-refractivity contribution in [2.24, 2.45) is 4.99 Å². The van der Waals surface area contributed by atoms with E-state index in [9.17, 15) is 9.59 Å². The van der Waals surface area contributed by atoms with E-state index in [1.54, 1.807) is 29.7 Å². The van der Waals surface area contributed by atoms with Crippen LogP contribution < -0.4 is 4.80 Å². The lowest BCUT2D eigenvalue weighted by Gasteiger charge is -2.16. The summed E-state index contributed by atoms with van der Waals surface area (Å²) in [6, 6.07) is 12.1. The molecule has 0 aliphatic carbocycles. The number of aromatic nitrogens is 1. The van der Waals surface area contributed by atoms with Crippen molar-refractivity contribution in [2.75, 3.05) is 6.61 Å². The van der Waals surface area contributed by atoms with E-state index in [1.807, 2.05) is 38.1 Å². The van der Waals surface area contributed by atoms with E-state index in [1.165, 1.54) is 11.3 Å². The van der Waals surface area contributed by atoms with Gasteiger partial charge < -0.3 is 9.30 Å². The Kier molecular flexibility index (Phi) is 6.31. The molecule has 0 aliphatic rings. The van der Waals surface area contributed by atoms with Crippen molar-refractivity contribution >= 4 is 45.0 Å². The van der Waals surface area contributed by atoms with Gasteiger partial charge in [0.1, 0.15) is 6.04 Å². The van der Waals surface area contributed by atoms with Gasteiger partial charge in [-0.25, -0.2) is 4.79 Å². The number of ether oxygens (including phenoxy) is 1. The summed E-state index contributed by atoms with van der Waals surface area (Å²) in [7, 11) is 0. The van der Waals surface area contributed by atoms with E-state index >= 15 is 0 Å². The molecule has 0 saturated carbocycles. The van der Waals surface area contributed by atoms with Crippen molar-refractivity contribution < 1.29 is 14.3 Å². The van der Waals surface area contributed by atoms with E-state index < -0.39 is 6.04 Å². The van der Waals surface area contributed by atoms with Gasteiger partial charge in [-0.3, -0.25) is 4.79 Å². The van der Waals surface area contributed by atoms with E-state index in [2.05, 4.69) is 4.99 Å². The Balaban J connectivity index is 2.19. The number of carbonyl (C=O) groups is 2. The summed E-state index contributed by atoms with van der Waals surface area (Å²) in [5, 5.41) is 0.585. The monoisotopic (exact) mass is 416 g/mol. The third-order valence-corrected chi connectivity index (χ3v) is 5.59. The highest BCUT2D eigenvalue weighted by atomic mass is 35.5. The summed E-state index contributed by atoms with van der Waals surface area (Å²) in [5.41, 5.74) is 2.36. The highest BCUT2D eigenvalue weighted by molar-refractivity contribution is 7.16. The first-order chi connectivity index (χ1) is 13.4. The van der Waals surface area contributed by atoms with Crippen LogP contribution in [0, 0.1) is 6.92 Å². The van der Waals surface area contributed by atoms with Crippen LogP contribution in [0.15, 0.2) is 47.5 Å². The van der Waals surface area contributed by atoms with Gasteiger partial charge in [0.2, 0.25) is 0 Å². The normalized spacial score (nSPS) is 12.9. The van der Waals surface area contributed by atoms with Gasteiger partial charge in [-0.05, 0) is 50.6 Å². The number of esters is 1. The molecule has 0 radical (unpaired) electrons. The molecule has 146 valence electrons. The molecule has 28 heavy (non-hydrogen) atoms. The highest BCUT2D eigenvalue weighted by Gasteiger charge is 2.24. The minimum absolute atomic E-state index is 0.290. The first-order valence-corrected chi connectivity index (χ1v) is 10.3. The number of carbonyl (C=O) groups excluding carboxylic acids is 2. The molecule has 0 spiro atoms. The number of thiazole rings is 1. The zero-order valence-electron chi connectivity index (χ0n) is 15.9. The maximum absolute atomic E-state index is 12.7. The summed E-state index contributed by atoms with van der Waals surface area (Å²) in [4.78, 5) is 30.0. The Labute approximate surface area is 172 Å². The maximum Gasteiger partial charge on any atom is 0.329 e. The number of benzene rings is 2. The number of nitrogens with zero attached hydrogens (tertiary/aromatic N) is 2. The van der Waals surface area contributed by atoms with Gasteiger partial charge in [-0.2, -0.15) is 4.99 Å². The average molecular weight is 417 g/mol. The summed E-state index contributed by atoms with van der Waals surface area (Å²) in [5.74, 6) is -0.700. The van der Waals surface area contributed by atoms with E-state index in [4.69, 9.17) is 16.3 Å². The Morgan fingerprint density at radius 1 is 1.18 bits per heavy atom. The van der Waals surface area contributed by atoms with E-state index in [0.717, 1.165) is 15.8 Å². The molecule has 0 saturated heterocycles. The molecule has 3 aromatic rings. The van der Waals surface area contributed by atoms with Crippen LogP contribution in [0.1, 0.15) is 42.2 Å². The van der Waals surface area contributed by atoms with Gasteiger partial charge in [0.25, 0.3) is 5.91 Å². The first-order valence-electron chi connectivity index (χ1n) is 9.07. The van der Waals surface area contributed by atoms with Crippen LogP contribution >= 0.6 is 22.9 Å². The van der Waals surface area contributed by atoms with Gasteiger partial charge in [-0.1, -0.05) is 47.6 Å². The topological polar surface area (TPSA) is 60.7 Å². The van der Waals surface area contributed by atoms with Crippen LogP contribution in [0.5, 0.6) is 0 Å². The lowest BCUT2D eigenvalue weighted by molar-refractivity contribution is -0.147. The molecule has 3 rings (SSSR count). The number of amides is 1. The number of rotatable bonds is 5. The van der Waals surface area contributed by atoms with Gasteiger partial charge >= 0.3 is 5.97 Å². The number of halogens is 1. The van der Waals surface area contributed by atoms with Gasteiger partial charge in [-0.15, -0.1) is 0 Å². The van der Waals surface area contributed by atoms with Crippen molar-refractivity contribution in [3.05, 3.63) is 63.4 Å². The van der Waals surface area contributed by atoms with Crippen LogP contribution in [0.2, 0.25) is 5.02 Å². The Morgan fingerprint density at radius 2 is 1.89 bits per heavy atom. The van der Waals surface area contributed by atoms with Crippen molar-refractivity contribution in [1.29, 1.82) is 0 Å². The smallest absolute Gasteiger partial charge is 0.329 e. The van der Waals surface area contributed by atoms with Crippen LogP contribution in [-0.2, 0) is 9.53 Å². The molecule has 5 nitrogen and oxygen atoms in total. The third kappa shape index (κ3) is 4.18. The summed E-state index contributed by atoms with van der Waals surface area (Å²) >= 11 is 7.46. The molecule has 1 aromatic heterocycles. The lowest BCUT2D eigenvalue weighted by Crippen LogP contribution is -2.29. The van der Waals surface area contributed by atoms with E-state index in [0.29, 0.717) is 28.4 Å². The van der Waals surface area contributed by atoms with Gasteiger partial charge in [0.15, 0.2) is 4.80 Å². The summed E-state index contributed by atoms with van der Waals surface area (Å²) in [6.45, 7) is 5.92. The molecular formula is C21H21ClN2O3S. The molecule has 1 atom stereocenters. The second-order valence-corrected chi connectivity index (χ2v) is 7.77. The molecule has 1 unspecified atom stereocenters. The standard InChI is InChI=1S/C21H21ClN2O3S/c1-4-16(20(26)27-5-2)24-17-11-10-15(22)12-18(17)28-21(24)23-19(25)14-8-6-13(3)7-9-14/h6-12,16H,4-5H2,1-3H3. The predicted octanol–water partition coefficient (Wildman–Crippen LogP) is 4.92. The largest absolute Gasteiger partial charge is 0.464 e. The van der Waals surface area contributed by atoms with Crippen molar-refractivity contribution in [3.8, 4) is 0 Å². The third-order valence-electron chi connectivity index (χ3n) is 4.34. The molecule has 7 heteroatoms. The van der Waals surface area contributed by atoms with Crippen molar-refractivity contribution in [3.63, 3.8) is 0 Å². The minimum atomic E-state index is -0.570.